The lowest BCUT2D eigenvalue weighted by Crippen LogP contribution is -2.38. The molecule has 1 amide bonds. The summed E-state index contributed by atoms with van der Waals surface area (Å²) in [6, 6.07) is 6.53. The van der Waals surface area contributed by atoms with E-state index in [2.05, 4.69) is 5.32 Å². The van der Waals surface area contributed by atoms with Gasteiger partial charge in [-0.1, -0.05) is 6.07 Å². The van der Waals surface area contributed by atoms with Crippen molar-refractivity contribution in [2.24, 2.45) is 11.8 Å². The zero-order valence-electron chi connectivity index (χ0n) is 13.0. The maximum Gasteiger partial charge on any atom is 0.251 e. The Labute approximate surface area is 131 Å². The first-order chi connectivity index (χ1) is 10.4. The first-order valence-electron chi connectivity index (χ1n) is 7.73. The van der Waals surface area contributed by atoms with Crippen molar-refractivity contribution in [1.82, 2.24) is 9.62 Å². The van der Waals surface area contributed by atoms with Crippen LogP contribution in [-0.2, 0) is 10.0 Å². The summed E-state index contributed by atoms with van der Waals surface area (Å²) in [7, 11) is -0.547. The van der Waals surface area contributed by atoms with Gasteiger partial charge in [0.05, 0.1) is 4.90 Å². The minimum atomic E-state index is -3.52. The fraction of sp³-hybridized carbons (Fsp3) is 0.562. The highest BCUT2D eigenvalue weighted by Gasteiger charge is 2.42. The van der Waals surface area contributed by atoms with Gasteiger partial charge >= 0.3 is 0 Å². The molecule has 0 atom stereocenters. The van der Waals surface area contributed by atoms with Crippen molar-refractivity contribution in [2.45, 2.75) is 36.6 Å². The molecule has 1 aromatic carbocycles. The van der Waals surface area contributed by atoms with Gasteiger partial charge in [0.25, 0.3) is 5.91 Å². The van der Waals surface area contributed by atoms with Gasteiger partial charge < -0.3 is 5.32 Å². The third kappa shape index (κ3) is 3.17. The molecule has 0 heterocycles. The number of carbonyl (C=O) groups is 1. The quantitative estimate of drug-likeness (QED) is 0.869. The standard InChI is InChI=1S/C16H22N2O3S/c1-18(2)22(20,21)14-5-3-4-13(10-14)16(19)17-15(11-6-7-11)12-8-9-12/h3-5,10-12,15H,6-9H2,1-2H3,(H,17,19). The highest BCUT2D eigenvalue weighted by molar-refractivity contribution is 7.89. The predicted octanol–water partition coefficient (Wildman–Crippen LogP) is 1.86. The lowest BCUT2D eigenvalue weighted by molar-refractivity contribution is 0.0926. The van der Waals surface area contributed by atoms with E-state index in [-0.39, 0.29) is 16.8 Å². The number of hydrogen-bond donors (Lipinski definition) is 1. The third-order valence-corrected chi connectivity index (χ3v) is 6.24. The van der Waals surface area contributed by atoms with Crippen LogP contribution in [0.3, 0.4) is 0 Å². The smallest absolute Gasteiger partial charge is 0.251 e. The average Bonchev–Trinajstić information content (AvgIpc) is 3.38. The number of rotatable bonds is 6. The number of benzene rings is 1. The average molecular weight is 322 g/mol. The predicted molar refractivity (Wildman–Crippen MR) is 84.0 cm³/mol. The SMILES string of the molecule is CN(C)S(=O)(=O)c1cccc(C(=O)NC(C2CC2)C2CC2)c1. The van der Waals surface area contributed by atoms with Crippen LogP contribution >= 0.6 is 0 Å². The van der Waals surface area contributed by atoms with Crippen molar-refractivity contribution in [2.75, 3.05) is 14.1 Å². The molecule has 2 aliphatic carbocycles. The summed E-state index contributed by atoms with van der Waals surface area (Å²) in [4.78, 5) is 12.6. The summed E-state index contributed by atoms with van der Waals surface area (Å²) >= 11 is 0. The highest BCUT2D eigenvalue weighted by Crippen LogP contribution is 2.44. The van der Waals surface area contributed by atoms with Crippen LogP contribution in [-0.4, -0.2) is 38.8 Å². The number of hydrogen-bond acceptors (Lipinski definition) is 3. The topological polar surface area (TPSA) is 66.5 Å². The Hall–Kier alpha value is -1.40. The van der Waals surface area contributed by atoms with Crippen LogP contribution < -0.4 is 5.32 Å². The molecule has 0 spiro atoms. The van der Waals surface area contributed by atoms with E-state index in [0.29, 0.717) is 17.4 Å². The zero-order valence-corrected chi connectivity index (χ0v) is 13.8. The molecule has 0 aliphatic heterocycles. The van der Waals surface area contributed by atoms with E-state index in [1.165, 1.54) is 51.9 Å². The maximum atomic E-state index is 12.4. The van der Waals surface area contributed by atoms with Crippen molar-refractivity contribution in [1.29, 1.82) is 0 Å². The Kier molecular flexibility index (Phi) is 3.99. The molecule has 1 N–H and O–H groups in total. The zero-order chi connectivity index (χ0) is 15.9. The van der Waals surface area contributed by atoms with Gasteiger partial charge in [-0.05, 0) is 55.7 Å². The van der Waals surface area contributed by atoms with Crippen LogP contribution in [0, 0.1) is 11.8 Å². The Morgan fingerprint density at radius 2 is 1.77 bits per heavy atom. The first kappa shape index (κ1) is 15.5. The van der Waals surface area contributed by atoms with E-state index in [1.807, 2.05) is 0 Å². The van der Waals surface area contributed by atoms with E-state index >= 15 is 0 Å². The molecule has 2 fully saturated rings. The lowest BCUT2D eigenvalue weighted by Gasteiger charge is -2.18. The van der Waals surface area contributed by atoms with Crippen molar-refractivity contribution < 1.29 is 13.2 Å². The fourth-order valence-corrected chi connectivity index (χ4v) is 3.72. The largest absolute Gasteiger partial charge is 0.349 e. The number of nitrogens with one attached hydrogen (secondary N) is 1. The van der Waals surface area contributed by atoms with Gasteiger partial charge in [-0.25, -0.2) is 12.7 Å². The second-order valence-corrected chi connectivity index (χ2v) is 8.64. The molecule has 3 rings (SSSR count). The molecule has 22 heavy (non-hydrogen) atoms. The molecule has 1 aromatic rings. The summed E-state index contributed by atoms with van der Waals surface area (Å²) in [5.41, 5.74) is 0.411. The van der Waals surface area contributed by atoms with Gasteiger partial charge in [0.2, 0.25) is 10.0 Å². The van der Waals surface area contributed by atoms with Gasteiger partial charge in [0, 0.05) is 25.7 Å². The monoisotopic (exact) mass is 322 g/mol. The summed E-state index contributed by atoms with van der Waals surface area (Å²) in [5.74, 6) is 1.06. The molecule has 2 aliphatic rings. The van der Waals surface area contributed by atoms with Crippen LogP contribution in [0.2, 0.25) is 0 Å². The Balaban J connectivity index is 1.78. The van der Waals surface area contributed by atoms with Crippen LogP contribution in [0.1, 0.15) is 36.0 Å². The van der Waals surface area contributed by atoms with E-state index in [0.717, 1.165) is 4.31 Å². The lowest BCUT2D eigenvalue weighted by atomic mass is 10.1. The number of sulfonamides is 1. The minimum Gasteiger partial charge on any atom is -0.349 e. The molecular weight excluding hydrogens is 300 g/mol. The second-order valence-electron chi connectivity index (χ2n) is 6.49. The van der Waals surface area contributed by atoms with Gasteiger partial charge in [-0.3, -0.25) is 4.79 Å². The Morgan fingerprint density at radius 3 is 2.27 bits per heavy atom. The number of amides is 1. The highest BCUT2D eigenvalue weighted by atomic mass is 32.2. The summed E-state index contributed by atoms with van der Waals surface area (Å²) < 4.78 is 25.5. The van der Waals surface area contributed by atoms with Crippen molar-refractivity contribution >= 4 is 15.9 Å². The fourth-order valence-electron chi connectivity index (χ4n) is 2.77. The first-order valence-corrected chi connectivity index (χ1v) is 9.17. The van der Waals surface area contributed by atoms with E-state index in [4.69, 9.17) is 0 Å². The van der Waals surface area contributed by atoms with Gasteiger partial charge in [0.1, 0.15) is 0 Å². The molecule has 6 heteroatoms. The summed E-state index contributed by atoms with van der Waals surface area (Å²) in [6.07, 6.45) is 4.76. The number of carbonyl (C=O) groups excluding carboxylic acids is 1. The van der Waals surface area contributed by atoms with Crippen molar-refractivity contribution in [3.63, 3.8) is 0 Å². The van der Waals surface area contributed by atoms with Crippen LogP contribution in [0.4, 0.5) is 0 Å². The molecule has 0 aromatic heterocycles. The third-order valence-electron chi connectivity index (χ3n) is 4.43. The molecular formula is C16H22N2O3S. The normalized spacial score (nSPS) is 18.7. The molecule has 5 nitrogen and oxygen atoms in total. The van der Waals surface area contributed by atoms with Crippen LogP contribution in [0.5, 0.6) is 0 Å². The molecule has 2 saturated carbocycles. The molecule has 0 saturated heterocycles. The van der Waals surface area contributed by atoms with Gasteiger partial charge in [0.15, 0.2) is 0 Å². The van der Waals surface area contributed by atoms with Crippen LogP contribution in [0.15, 0.2) is 29.2 Å². The molecule has 120 valence electrons. The van der Waals surface area contributed by atoms with Gasteiger partial charge in [-0.2, -0.15) is 0 Å². The van der Waals surface area contributed by atoms with Gasteiger partial charge in [-0.15, -0.1) is 0 Å². The maximum absolute atomic E-state index is 12.4. The van der Waals surface area contributed by atoms with E-state index in [1.54, 1.807) is 12.1 Å². The Morgan fingerprint density at radius 1 is 1.18 bits per heavy atom. The van der Waals surface area contributed by atoms with Crippen molar-refractivity contribution in [3.05, 3.63) is 29.8 Å². The molecule has 0 bridgehead atoms. The summed E-state index contributed by atoms with van der Waals surface area (Å²) in [5, 5.41) is 3.12. The molecule has 0 radical (unpaired) electrons. The van der Waals surface area contributed by atoms with E-state index in [9.17, 15) is 13.2 Å². The van der Waals surface area contributed by atoms with Crippen molar-refractivity contribution in [3.8, 4) is 0 Å². The van der Waals surface area contributed by atoms with Crippen LogP contribution in [0.25, 0.3) is 0 Å². The van der Waals surface area contributed by atoms with E-state index < -0.39 is 10.0 Å². The molecule has 0 unspecified atom stereocenters. The minimum absolute atomic E-state index is 0.152. The number of nitrogens with zero attached hydrogens (tertiary/aromatic N) is 1. The second kappa shape index (κ2) is 5.66. The Bertz CT molecular complexity index is 664. The summed E-state index contributed by atoms with van der Waals surface area (Å²) in [6.45, 7) is 0.